The van der Waals surface area contributed by atoms with Crippen LogP contribution in [-0.4, -0.2) is 26.0 Å². The average molecular weight is 373 g/mol. The minimum atomic E-state index is -0.574. The zero-order valence-electron chi connectivity index (χ0n) is 14.5. The van der Waals surface area contributed by atoms with E-state index >= 15 is 0 Å². The number of anilines is 2. The number of carbonyl (C=O) groups is 2. The SMILES string of the molecule is COc1ccc(OC)c(NC2=C(Cl)C(=O)N(c3ccccc3C)C2=O)c1. The van der Waals surface area contributed by atoms with E-state index < -0.39 is 11.8 Å². The summed E-state index contributed by atoms with van der Waals surface area (Å²) in [6.07, 6.45) is 0. The minimum Gasteiger partial charge on any atom is -0.497 e. The van der Waals surface area contributed by atoms with Gasteiger partial charge in [0.1, 0.15) is 22.2 Å². The number of methoxy groups -OCH3 is 2. The van der Waals surface area contributed by atoms with Crippen molar-refractivity contribution in [1.29, 1.82) is 0 Å². The first-order chi connectivity index (χ1) is 12.5. The maximum absolute atomic E-state index is 12.9. The maximum Gasteiger partial charge on any atom is 0.283 e. The molecule has 7 heteroatoms. The second-order valence-corrected chi connectivity index (χ2v) is 5.99. The summed E-state index contributed by atoms with van der Waals surface area (Å²) in [5.41, 5.74) is 1.74. The first-order valence-corrected chi connectivity index (χ1v) is 8.19. The number of ether oxygens (including phenoxy) is 2. The summed E-state index contributed by atoms with van der Waals surface area (Å²) < 4.78 is 10.5. The van der Waals surface area contributed by atoms with E-state index in [1.807, 2.05) is 19.1 Å². The van der Waals surface area contributed by atoms with Crippen molar-refractivity contribution < 1.29 is 19.1 Å². The maximum atomic E-state index is 12.9. The van der Waals surface area contributed by atoms with Crippen molar-refractivity contribution in [1.82, 2.24) is 0 Å². The molecule has 1 aliphatic rings. The quantitative estimate of drug-likeness (QED) is 0.814. The van der Waals surface area contributed by atoms with E-state index in [0.717, 1.165) is 10.5 Å². The van der Waals surface area contributed by atoms with Gasteiger partial charge < -0.3 is 14.8 Å². The molecule has 2 aromatic rings. The van der Waals surface area contributed by atoms with Gasteiger partial charge in [-0.15, -0.1) is 0 Å². The van der Waals surface area contributed by atoms with Crippen LogP contribution in [0.1, 0.15) is 5.56 Å². The summed E-state index contributed by atoms with van der Waals surface area (Å²) in [5, 5.41) is 2.74. The number of aryl methyl sites for hydroxylation is 1. The van der Waals surface area contributed by atoms with Gasteiger partial charge in [-0.05, 0) is 30.7 Å². The molecule has 1 N–H and O–H groups in total. The van der Waals surface area contributed by atoms with Gasteiger partial charge in [-0.3, -0.25) is 9.59 Å². The van der Waals surface area contributed by atoms with Crippen LogP contribution >= 0.6 is 11.6 Å². The molecular formula is C19H17ClN2O4. The van der Waals surface area contributed by atoms with E-state index in [4.69, 9.17) is 21.1 Å². The van der Waals surface area contributed by atoms with Gasteiger partial charge >= 0.3 is 0 Å². The molecule has 3 rings (SSSR count). The highest BCUT2D eigenvalue weighted by molar-refractivity contribution is 6.53. The lowest BCUT2D eigenvalue weighted by atomic mass is 10.2. The van der Waals surface area contributed by atoms with Gasteiger partial charge in [-0.1, -0.05) is 29.8 Å². The molecule has 1 heterocycles. The lowest BCUT2D eigenvalue weighted by molar-refractivity contribution is -0.120. The lowest BCUT2D eigenvalue weighted by Gasteiger charge is -2.17. The Labute approximate surface area is 156 Å². The van der Waals surface area contributed by atoms with E-state index in [2.05, 4.69) is 5.32 Å². The zero-order valence-corrected chi connectivity index (χ0v) is 15.3. The number of hydrogen-bond donors (Lipinski definition) is 1. The molecule has 0 radical (unpaired) electrons. The van der Waals surface area contributed by atoms with Gasteiger partial charge in [0.25, 0.3) is 11.8 Å². The molecule has 0 saturated carbocycles. The van der Waals surface area contributed by atoms with Crippen LogP contribution in [0.5, 0.6) is 11.5 Å². The second kappa shape index (κ2) is 7.09. The Hall–Kier alpha value is -2.99. The van der Waals surface area contributed by atoms with E-state index in [1.54, 1.807) is 30.3 Å². The Morgan fingerprint density at radius 2 is 1.73 bits per heavy atom. The minimum absolute atomic E-state index is 0.00790. The third kappa shape index (κ3) is 2.99. The van der Waals surface area contributed by atoms with E-state index in [0.29, 0.717) is 22.9 Å². The fourth-order valence-electron chi connectivity index (χ4n) is 2.69. The first-order valence-electron chi connectivity index (χ1n) is 7.81. The molecule has 0 aliphatic carbocycles. The summed E-state index contributed by atoms with van der Waals surface area (Å²) in [7, 11) is 3.03. The van der Waals surface area contributed by atoms with Crippen molar-refractivity contribution in [2.45, 2.75) is 6.92 Å². The highest BCUT2D eigenvalue weighted by Gasteiger charge is 2.39. The van der Waals surface area contributed by atoms with Gasteiger partial charge in [-0.2, -0.15) is 0 Å². The fourth-order valence-corrected chi connectivity index (χ4v) is 2.90. The van der Waals surface area contributed by atoms with Crippen LogP contribution in [-0.2, 0) is 9.59 Å². The molecule has 134 valence electrons. The number of amides is 2. The Balaban J connectivity index is 1.98. The first kappa shape index (κ1) is 17.8. The molecule has 0 atom stereocenters. The zero-order chi connectivity index (χ0) is 18.8. The number of para-hydroxylation sites is 1. The van der Waals surface area contributed by atoms with Crippen molar-refractivity contribution in [3.8, 4) is 11.5 Å². The van der Waals surface area contributed by atoms with Crippen LogP contribution in [0.15, 0.2) is 53.2 Å². The van der Waals surface area contributed by atoms with E-state index in [-0.39, 0.29) is 10.7 Å². The second-order valence-electron chi connectivity index (χ2n) is 5.61. The number of imide groups is 1. The molecule has 2 amide bonds. The molecular weight excluding hydrogens is 356 g/mol. The van der Waals surface area contributed by atoms with Crippen molar-refractivity contribution in [3.05, 3.63) is 58.8 Å². The van der Waals surface area contributed by atoms with Crippen LogP contribution in [0, 0.1) is 6.92 Å². The molecule has 26 heavy (non-hydrogen) atoms. The van der Waals surface area contributed by atoms with Crippen LogP contribution in [0.25, 0.3) is 0 Å². The number of carbonyl (C=O) groups excluding carboxylic acids is 2. The predicted molar refractivity (Wildman–Crippen MR) is 99.7 cm³/mol. The van der Waals surface area contributed by atoms with Crippen LogP contribution < -0.4 is 19.7 Å². The molecule has 0 spiro atoms. The molecule has 0 unspecified atom stereocenters. The standard InChI is InChI=1S/C19H17ClN2O4/c1-11-6-4-5-7-14(11)22-18(23)16(20)17(19(22)24)21-13-10-12(25-2)8-9-15(13)26-3/h4-10,21H,1-3H3. The smallest absolute Gasteiger partial charge is 0.283 e. The largest absolute Gasteiger partial charge is 0.497 e. The summed E-state index contributed by atoms with van der Waals surface area (Å²) in [4.78, 5) is 26.5. The van der Waals surface area contributed by atoms with E-state index in [9.17, 15) is 9.59 Å². The van der Waals surface area contributed by atoms with Gasteiger partial charge in [-0.25, -0.2) is 4.90 Å². The lowest BCUT2D eigenvalue weighted by Crippen LogP contribution is -2.32. The number of nitrogens with one attached hydrogen (secondary N) is 1. The molecule has 1 aliphatic heterocycles. The summed E-state index contributed by atoms with van der Waals surface area (Å²) in [6, 6.07) is 12.2. The monoisotopic (exact) mass is 372 g/mol. The summed E-state index contributed by atoms with van der Waals surface area (Å²) in [5.74, 6) is -0.0515. The number of nitrogens with zero attached hydrogens (tertiary/aromatic N) is 1. The average Bonchev–Trinajstić information content (AvgIpc) is 2.86. The third-order valence-corrected chi connectivity index (χ3v) is 4.40. The van der Waals surface area contributed by atoms with Gasteiger partial charge in [0.05, 0.1) is 25.6 Å². The predicted octanol–water partition coefficient (Wildman–Crippen LogP) is 3.45. The van der Waals surface area contributed by atoms with Crippen molar-refractivity contribution >= 4 is 34.8 Å². The van der Waals surface area contributed by atoms with Gasteiger partial charge in [0.2, 0.25) is 0 Å². The topological polar surface area (TPSA) is 67.9 Å². The Morgan fingerprint density at radius 3 is 2.38 bits per heavy atom. The Bertz CT molecular complexity index is 924. The van der Waals surface area contributed by atoms with Crippen LogP contribution in [0.2, 0.25) is 0 Å². The molecule has 0 bridgehead atoms. The highest BCUT2D eigenvalue weighted by atomic mass is 35.5. The highest BCUT2D eigenvalue weighted by Crippen LogP contribution is 2.35. The molecule has 0 saturated heterocycles. The fraction of sp³-hybridized carbons (Fsp3) is 0.158. The van der Waals surface area contributed by atoms with Crippen LogP contribution in [0.4, 0.5) is 11.4 Å². The molecule has 0 aromatic heterocycles. The Kier molecular flexibility index (Phi) is 4.86. The normalized spacial score (nSPS) is 14.1. The van der Waals surface area contributed by atoms with Gasteiger partial charge in [0.15, 0.2) is 0 Å². The number of halogens is 1. The number of hydrogen-bond acceptors (Lipinski definition) is 5. The van der Waals surface area contributed by atoms with E-state index in [1.165, 1.54) is 14.2 Å². The molecule has 0 fully saturated rings. The molecule has 6 nitrogen and oxygen atoms in total. The number of rotatable bonds is 5. The summed E-state index contributed by atoms with van der Waals surface area (Å²) >= 11 is 6.17. The Morgan fingerprint density at radius 1 is 1.00 bits per heavy atom. The van der Waals surface area contributed by atoms with Gasteiger partial charge in [0, 0.05) is 6.07 Å². The van der Waals surface area contributed by atoms with Crippen molar-refractivity contribution in [2.24, 2.45) is 0 Å². The van der Waals surface area contributed by atoms with Crippen molar-refractivity contribution in [2.75, 3.05) is 24.4 Å². The number of benzene rings is 2. The van der Waals surface area contributed by atoms with Crippen molar-refractivity contribution in [3.63, 3.8) is 0 Å². The molecule has 2 aromatic carbocycles. The third-order valence-electron chi connectivity index (χ3n) is 4.05. The summed E-state index contributed by atoms with van der Waals surface area (Å²) in [6.45, 7) is 1.82. The van der Waals surface area contributed by atoms with Crippen LogP contribution in [0.3, 0.4) is 0 Å².